The number of para-hydroxylation sites is 1. The van der Waals surface area contributed by atoms with Gasteiger partial charge in [-0.3, -0.25) is 10.1 Å². The number of nitro groups is 1. The van der Waals surface area contributed by atoms with Crippen LogP contribution in [0.1, 0.15) is 6.42 Å². The van der Waals surface area contributed by atoms with E-state index in [2.05, 4.69) is 0 Å². The molecule has 1 aromatic carbocycles. The van der Waals surface area contributed by atoms with Crippen molar-refractivity contribution < 1.29 is 17.7 Å². The Kier molecular flexibility index (Phi) is 5.62. The van der Waals surface area contributed by atoms with E-state index in [9.17, 15) is 22.9 Å². The van der Waals surface area contributed by atoms with Gasteiger partial charge in [-0.2, -0.15) is 8.70 Å². The summed E-state index contributed by atoms with van der Waals surface area (Å²) in [5.74, 6) is -1.14. The van der Waals surface area contributed by atoms with Crippen LogP contribution in [0.25, 0.3) is 0 Å². The normalized spacial score (nSPS) is 19.2. The van der Waals surface area contributed by atoms with E-state index in [4.69, 9.17) is 5.73 Å². The summed E-state index contributed by atoms with van der Waals surface area (Å²) >= 11 is 0. The molecule has 21 heavy (non-hydrogen) atoms. The van der Waals surface area contributed by atoms with Crippen molar-refractivity contribution >= 4 is 28.1 Å². The maximum atomic E-state index is 13.5. The predicted molar refractivity (Wildman–Crippen MR) is 76.2 cm³/mol. The third-order valence-electron chi connectivity index (χ3n) is 3.33. The highest BCUT2D eigenvalue weighted by atomic mass is 35.5. The number of hydrogen-bond donors (Lipinski definition) is 1. The van der Waals surface area contributed by atoms with Crippen molar-refractivity contribution in [3.63, 3.8) is 0 Å². The number of halogens is 2. The second-order valence-electron chi connectivity index (χ2n) is 4.60. The van der Waals surface area contributed by atoms with Crippen LogP contribution in [-0.4, -0.2) is 37.3 Å². The van der Waals surface area contributed by atoms with Gasteiger partial charge < -0.3 is 5.73 Å². The van der Waals surface area contributed by atoms with Gasteiger partial charge in [0.05, 0.1) is 4.92 Å². The van der Waals surface area contributed by atoms with Crippen molar-refractivity contribution in [2.45, 2.75) is 11.3 Å². The van der Waals surface area contributed by atoms with Gasteiger partial charge in [-0.1, -0.05) is 6.07 Å². The maximum absolute atomic E-state index is 13.5. The summed E-state index contributed by atoms with van der Waals surface area (Å²) in [6.45, 7) is 0.779. The van der Waals surface area contributed by atoms with Crippen molar-refractivity contribution in [3.8, 4) is 0 Å². The molecule has 118 valence electrons. The van der Waals surface area contributed by atoms with Gasteiger partial charge in [-0.05, 0) is 31.0 Å². The Labute approximate surface area is 127 Å². The lowest BCUT2D eigenvalue weighted by Gasteiger charge is -2.16. The zero-order chi connectivity index (χ0) is 14.9. The Morgan fingerprint density at radius 3 is 2.67 bits per heavy atom. The van der Waals surface area contributed by atoms with Gasteiger partial charge in [0, 0.05) is 13.1 Å². The Bertz CT molecular complexity index is 640. The summed E-state index contributed by atoms with van der Waals surface area (Å²) in [7, 11) is -4.08. The molecule has 0 radical (unpaired) electrons. The molecule has 0 aromatic heterocycles. The minimum atomic E-state index is -4.08. The van der Waals surface area contributed by atoms with Crippen LogP contribution in [0.3, 0.4) is 0 Å². The first-order chi connectivity index (χ1) is 9.37. The van der Waals surface area contributed by atoms with Crippen LogP contribution < -0.4 is 5.73 Å². The van der Waals surface area contributed by atoms with Crippen LogP contribution in [0, 0.1) is 21.8 Å². The Morgan fingerprint density at radius 1 is 1.48 bits per heavy atom. The number of rotatable bonds is 4. The summed E-state index contributed by atoms with van der Waals surface area (Å²) < 4.78 is 39.4. The topological polar surface area (TPSA) is 107 Å². The molecule has 1 atom stereocenters. The standard InChI is InChI=1S/C11H14FN3O4S.ClH/c12-9-2-1-3-10(11(9)15(16)17)20(18,19)14-5-4-8(6-13)7-14;/h1-3,8H,4-7,13H2;1H. The lowest BCUT2D eigenvalue weighted by Crippen LogP contribution is -2.30. The molecule has 2 N–H and O–H groups in total. The minimum Gasteiger partial charge on any atom is -0.330 e. The highest BCUT2D eigenvalue weighted by Crippen LogP contribution is 2.31. The van der Waals surface area contributed by atoms with E-state index in [1.807, 2.05) is 0 Å². The molecule has 1 unspecified atom stereocenters. The summed E-state index contributed by atoms with van der Waals surface area (Å²) in [5.41, 5.74) is 4.48. The fourth-order valence-corrected chi connectivity index (χ4v) is 3.93. The lowest BCUT2D eigenvalue weighted by molar-refractivity contribution is -0.390. The molecule has 0 amide bonds. The van der Waals surface area contributed by atoms with Crippen molar-refractivity contribution in [1.29, 1.82) is 0 Å². The summed E-state index contributed by atoms with van der Waals surface area (Å²) in [6, 6.07) is 3.06. The monoisotopic (exact) mass is 339 g/mol. The fourth-order valence-electron chi connectivity index (χ4n) is 2.23. The van der Waals surface area contributed by atoms with Crippen LogP contribution in [-0.2, 0) is 10.0 Å². The van der Waals surface area contributed by atoms with Crippen LogP contribution in [0.4, 0.5) is 10.1 Å². The van der Waals surface area contributed by atoms with Crippen LogP contribution in [0.5, 0.6) is 0 Å². The number of benzene rings is 1. The van der Waals surface area contributed by atoms with Crippen molar-refractivity contribution in [1.82, 2.24) is 4.31 Å². The molecule has 0 spiro atoms. The highest BCUT2D eigenvalue weighted by molar-refractivity contribution is 7.89. The largest absolute Gasteiger partial charge is 0.330 e. The van der Waals surface area contributed by atoms with Gasteiger partial charge in [0.2, 0.25) is 15.8 Å². The fraction of sp³-hybridized carbons (Fsp3) is 0.455. The van der Waals surface area contributed by atoms with Gasteiger partial charge in [-0.25, -0.2) is 8.42 Å². The van der Waals surface area contributed by atoms with E-state index < -0.39 is 31.3 Å². The molecule has 0 saturated carbocycles. The first kappa shape index (κ1) is 17.8. The second kappa shape index (κ2) is 6.65. The number of sulfonamides is 1. The van der Waals surface area contributed by atoms with E-state index in [1.165, 1.54) is 0 Å². The molecule has 10 heteroatoms. The second-order valence-corrected chi connectivity index (χ2v) is 6.50. The molecule has 1 saturated heterocycles. The van der Waals surface area contributed by atoms with Crippen LogP contribution >= 0.6 is 12.4 Å². The number of hydrogen-bond acceptors (Lipinski definition) is 5. The molecule has 1 aliphatic heterocycles. The number of nitro benzene ring substituents is 1. The van der Waals surface area contributed by atoms with E-state index in [0.29, 0.717) is 13.0 Å². The molecule has 7 nitrogen and oxygen atoms in total. The third kappa shape index (κ3) is 3.31. The first-order valence-corrected chi connectivity index (χ1v) is 7.45. The summed E-state index contributed by atoms with van der Waals surface area (Å²) in [6.07, 6.45) is 0.596. The number of nitrogens with zero attached hydrogens (tertiary/aromatic N) is 2. The Morgan fingerprint density at radius 2 is 2.14 bits per heavy atom. The molecular formula is C11H15ClFN3O4S. The van der Waals surface area contributed by atoms with Gasteiger partial charge in [0.15, 0.2) is 4.90 Å². The minimum absolute atomic E-state index is 0. The third-order valence-corrected chi connectivity index (χ3v) is 5.23. The predicted octanol–water partition coefficient (Wildman–Crippen LogP) is 1.12. The molecule has 2 rings (SSSR count). The average Bonchev–Trinajstić information content (AvgIpc) is 2.87. The summed E-state index contributed by atoms with van der Waals surface area (Å²) in [4.78, 5) is 9.26. The molecule has 1 fully saturated rings. The van der Waals surface area contributed by atoms with Crippen molar-refractivity contribution in [3.05, 3.63) is 34.1 Å². The average molecular weight is 340 g/mol. The quantitative estimate of drug-likeness (QED) is 0.653. The van der Waals surface area contributed by atoms with E-state index in [1.54, 1.807) is 0 Å². The molecule has 1 aliphatic rings. The number of nitrogens with two attached hydrogens (primary N) is 1. The van der Waals surface area contributed by atoms with Gasteiger partial charge in [0.25, 0.3) is 0 Å². The molecule has 1 heterocycles. The molecule has 1 aromatic rings. The van der Waals surface area contributed by atoms with Crippen molar-refractivity contribution in [2.24, 2.45) is 11.7 Å². The Hall–Kier alpha value is -1.29. The van der Waals surface area contributed by atoms with Crippen molar-refractivity contribution in [2.75, 3.05) is 19.6 Å². The van der Waals surface area contributed by atoms with E-state index in [0.717, 1.165) is 22.5 Å². The zero-order valence-electron chi connectivity index (χ0n) is 10.9. The van der Waals surface area contributed by atoms with E-state index in [-0.39, 0.29) is 31.4 Å². The Balaban J connectivity index is 0.00000220. The lowest BCUT2D eigenvalue weighted by atomic mass is 10.1. The van der Waals surface area contributed by atoms with Crippen LogP contribution in [0.15, 0.2) is 23.1 Å². The smallest absolute Gasteiger partial charge is 0.324 e. The maximum Gasteiger partial charge on any atom is 0.324 e. The van der Waals surface area contributed by atoms with Crippen LogP contribution in [0.2, 0.25) is 0 Å². The SMILES string of the molecule is Cl.NCC1CCN(S(=O)(=O)c2cccc(F)c2[N+](=O)[O-])C1. The van der Waals surface area contributed by atoms with Gasteiger partial charge in [-0.15, -0.1) is 12.4 Å². The molecular weight excluding hydrogens is 325 g/mol. The van der Waals surface area contributed by atoms with E-state index >= 15 is 0 Å². The summed E-state index contributed by atoms with van der Waals surface area (Å²) in [5, 5.41) is 10.9. The van der Waals surface area contributed by atoms with Gasteiger partial charge >= 0.3 is 5.69 Å². The molecule has 0 bridgehead atoms. The highest BCUT2D eigenvalue weighted by Gasteiger charge is 2.37. The molecule has 0 aliphatic carbocycles. The first-order valence-electron chi connectivity index (χ1n) is 6.01. The van der Waals surface area contributed by atoms with Gasteiger partial charge in [0.1, 0.15) is 0 Å². The zero-order valence-corrected chi connectivity index (χ0v) is 12.6.